The van der Waals surface area contributed by atoms with Crippen molar-refractivity contribution in [2.45, 2.75) is 30.0 Å². The molecule has 1 aliphatic rings. The summed E-state index contributed by atoms with van der Waals surface area (Å²) < 4.78 is 2.29. The van der Waals surface area contributed by atoms with Crippen molar-refractivity contribution >= 4 is 33.4 Å². The Morgan fingerprint density at radius 3 is 2.95 bits per heavy atom. The number of rotatable bonds is 2. The minimum absolute atomic E-state index is 0.00624. The van der Waals surface area contributed by atoms with E-state index in [1.807, 2.05) is 18.7 Å². The van der Waals surface area contributed by atoms with Crippen LogP contribution < -0.4 is 11.3 Å². The van der Waals surface area contributed by atoms with Gasteiger partial charge in [0.05, 0.1) is 10.2 Å². The number of thioether (sulfide) groups is 1. The third kappa shape index (κ3) is 2.40. The van der Waals surface area contributed by atoms with Crippen molar-refractivity contribution < 1.29 is 0 Å². The van der Waals surface area contributed by atoms with Crippen LogP contribution in [0.4, 0.5) is 5.69 Å². The largest absolute Gasteiger partial charge is 0.397 e. The maximum atomic E-state index is 12.3. The van der Waals surface area contributed by atoms with Crippen LogP contribution in [0.5, 0.6) is 0 Å². The van der Waals surface area contributed by atoms with Crippen LogP contribution >= 0.6 is 27.7 Å². The lowest BCUT2D eigenvalue weighted by Crippen LogP contribution is -2.26. The Hall–Kier alpha value is -1.20. The van der Waals surface area contributed by atoms with Gasteiger partial charge in [-0.2, -0.15) is 0 Å². The van der Waals surface area contributed by atoms with Crippen molar-refractivity contribution in [1.82, 2.24) is 4.57 Å². The number of fused-ring (bicyclic) bond motifs is 1. The number of anilines is 1. The van der Waals surface area contributed by atoms with E-state index in [2.05, 4.69) is 40.2 Å². The summed E-state index contributed by atoms with van der Waals surface area (Å²) >= 11 is 5.18. The second-order valence-electron chi connectivity index (χ2n) is 5.03. The minimum atomic E-state index is -0.00624. The Labute approximate surface area is 130 Å². The van der Waals surface area contributed by atoms with E-state index in [1.54, 1.807) is 10.8 Å². The first-order chi connectivity index (χ1) is 9.56. The number of nitrogens with two attached hydrogens (primary N) is 1. The minimum Gasteiger partial charge on any atom is -0.397 e. The van der Waals surface area contributed by atoms with E-state index in [4.69, 9.17) is 5.73 Å². The monoisotopic (exact) mass is 350 g/mol. The van der Waals surface area contributed by atoms with Crippen LogP contribution in [0.15, 0.2) is 44.6 Å². The van der Waals surface area contributed by atoms with Gasteiger partial charge in [-0.3, -0.25) is 4.79 Å². The summed E-state index contributed by atoms with van der Waals surface area (Å²) in [5.41, 5.74) is 8.78. The number of hydrogen-bond donors (Lipinski definition) is 1. The van der Waals surface area contributed by atoms with Gasteiger partial charge >= 0.3 is 0 Å². The fourth-order valence-electron chi connectivity index (χ4n) is 2.45. The maximum absolute atomic E-state index is 12.3. The van der Waals surface area contributed by atoms with E-state index in [0.29, 0.717) is 22.0 Å². The molecule has 1 unspecified atom stereocenters. The molecule has 1 aliphatic heterocycles. The first-order valence-corrected chi connectivity index (χ1v) is 8.13. The van der Waals surface area contributed by atoms with Crippen LogP contribution in [-0.4, -0.2) is 9.82 Å². The molecule has 1 atom stereocenters. The fraction of sp³-hybridized carbons (Fsp3) is 0.267. The van der Waals surface area contributed by atoms with Gasteiger partial charge in [0.1, 0.15) is 0 Å². The smallest absolute Gasteiger partial charge is 0.265 e. The zero-order valence-corrected chi connectivity index (χ0v) is 13.5. The van der Waals surface area contributed by atoms with Crippen molar-refractivity contribution in [2.24, 2.45) is 0 Å². The van der Waals surface area contributed by atoms with Crippen molar-refractivity contribution in [2.75, 3.05) is 5.73 Å². The van der Waals surface area contributed by atoms with Crippen LogP contribution in [0.25, 0.3) is 0 Å². The molecule has 1 aromatic carbocycles. The Morgan fingerprint density at radius 2 is 2.20 bits per heavy atom. The lowest BCUT2D eigenvalue weighted by atomic mass is 10.1. The summed E-state index contributed by atoms with van der Waals surface area (Å²) in [6, 6.07) is 8.42. The van der Waals surface area contributed by atoms with Crippen LogP contribution in [-0.2, 0) is 13.0 Å². The number of nitrogen functional groups attached to an aromatic ring is 1. The summed E-state index contributed by atoms with van der Waals surface area (Å²) in [7, 11) is 0. The lowest BCUT2D eigenvalue weighted by molar-refractivity contribution is 0.640. The Bertz CT molecular complexity index is 701. The first kappa shape index (κ1) is 13.8. The Morgan fingerprint density at radius 1 is 1.45 bits per heavy atom. The van der Waals surface area contributed by atoms with Gasteiger partial charge in [0, 0.05) is 22.9 Å². The predicted molar refractivity (Wildman–Crippen MR) is 87.3 cm³/mol. The molecule has 20 heavy (non-hydrogen) atoms. The molecule has 0 saturated heterocycles. The molecule has 2 heterocycles. The molecule has 0 aliphatic carbocycles. The highest BCUT2D eigenvalue weighted by Crippen LogP contribution is 2.37. The van der Waals surface area contributed by atoms with Gasteiger partial charge in [0.25, 0.3) is 5.56 Å². The van der Waals surface area contributed by atoms with Crippen LogP contribution in [0.2, 0.25) is 0 Å². The molecule has 3 rings (SSSR count). The van der Waals surface area contributed by atoms with Gasteiger partial charge in [0.2, 0.25) is 0 Å². The number of nitrogens with zero attached hydrogens (tertiary/aromatic N) is 1. The molecule has 104 valence electrons. The molecular formula is C15H15BrN2OS. The van der Waals surface area contributed by atoms with Crippen LogP contribution in [0, 0.1) is 6.92 Å². The van der Waals surface area contributed by atoms with Crippen molar-refractivity contribution in [3.05, 3.63) is 56.4 Å². The average molecular weight is 351 g/mol. The third-order valence-corrected chi connectivity index (χ3v) is 5.86. The maximum Gasteiger partial charge on any atom is 0.265 e. The third-order valence-electron chi connectivity index (χ3n) is 3.62. The molecule has 2 N–H and O–H groups in total. The second-order valence-corrected chi connectivity index (χ2v) is 7.17. The normalized spacial score (nSPS) is 17.2. The summed E-state index contributed by atoms with van der Waals surface area (Å²) in [5, 5.41) is 0.388. The SMILES string of the molecule is Cc1c(N)cn(CC2Cc3ccccc3S2)c(=O)c1Br. The number of benzene rings is 1. The van der Waals surface area contributed by atoms with Crippen molar-refractivity contribution in [3.63, 3.8) is 0 Å². The van der Waals surface area contributed by atoms with Gasteiger partial charge in [-0.05, 0) is 46.5 Å². The van der Waals surface area contributed by atoms with Gasteiger partial charge < -0.3 is 10.3 Å². The van der Waals surface area contributed by atoms with Gasteiger partial charge in [-0.1, -0.05) is 18.2 Å². The fourth-order valence-corrected chi connectivity index (χ4v) is 4.22. The molecule has 0 radical (unpaired) electrons. The average Bonchev–Trinajstić information content (AvgIpc) is 2.84. The first-order valence-electron chi connectivity index (χ1n) is 6.46. The molecular weight excluding hydrogens is 336 g/mol. The summed E-state index contributed by atoms with van der Waals surface area (Å²) in [6.07, 6.45) is 2.75. The van der Waals surface area contributed by atoms with E-state index < -0.39 is 0 Å². The van der Waals surface area contributed by atoms with Gasteiger partial charge in [-0.25, -0.2) is 0 Å². The number of aromatic nitrogens is 1. The molecule has 0 bridgehead atoms. The number of halogens is 1. The summed E-state index contributed by atoms with van der Waals surface area (Å²) in [4.78, 5) is 13.6. The van der Waals surface area contributed by atoms with E-state index in [0.717, 1.165) is 12.0 Å². The van der Waals surface area contributed by atoms with Crippen LogP contribution in [0.3, 0.4) is 0 Å². The van der Waals surface area contributed by atoms with Crippen molar-refractivity contribution in [1.29, 1.82) is 0 Å². The zero-order chi connectivity index (χ0) is 14.3. The number of pyridine rings is 1. The van der Waals surface area contributed by atoms with Gasteiger partial charge in [-0.15, -0.1) is 11.8 Å². The van der Waals surface area contributed by atoms with E-state index >= 15 is 0 Å². The lowest BCUT2D eigenvalue weighted by Gasteiger charge is -2.14. The quantitative estimate of drug-likeness (QED) is 0.904. The molecule has 1 aromatic heterocycles. The molecule has 3 nitrogen and oxygen atoms in total. The van der Waals surface area contributed by atoms with E-state index in [1.165, 1.54) is 10.5 Å². The molecule has 0 amide bonds. The summed E-state index contributed by atoms with van der Waals surface area (Å²) in [5.74, 6) is 0. The van der Waals surface area contributed by atoms with Crippen molar-refractivity contribution in [3.8, 4) is 0 Å². The van der Waals surface area contributed by atoms with E-state index in [9.17, 15) is 4.79 Å². The van der Waals surface area contributed by atoms with E-state index in [-0.39, 0.29) is 5.56 Å². The topological polar surface area (TPSA) is 48.0 Å². The predicted octanol–water partition coefficient (Wildman–Crippen LogP) is 3.22. The zero-order valence-electron chi connectivity index (χ0n) is 11.1. The number of hydrogen-bond acceptors (Lipinski definition) is 3. The molecule has 0 spiro atoms. The Balaban J connectivity index is 1.86. The van der Waals surface area contributed by atoms with Gasteiger partial charge in [0.15, 0.2) is 0 Å². The molecule has 0 saturated carbocycles. The molecule has 2 aromatic rings. The standard InChI is InChI=1S/C15H15BrN2OS/c1-9-12(17)8-18(15(19)14(9)16)7-11-6-10-4-2-3-5-13(10)20-11/h2-5,8,11H,6-7,17H2,1H3. The molecule has 5 heteroatoms. The molecule has 0 fully saturated rings. The highest BCUT2D eigenvalue weighted by Gasteiger charge is 2.23. The second kappa shape index (κ2) is 5.30. The summed E-state index contributed by atoms with van der Waals surface area (Å²) in [6.45, 7) is 2.53. The Kier molecular flexibility index (Phi) is 3.65. The highest BCUT2D eigenvalue weighted by atomic mass is 79.9. The van der Waals surface area contributed by atoms with Crippen LogP contribution in [0.1, 0.15) is 11.1 Å². The highest BCUT2D eigenvalue weighted by molar-refractivity contribution is 9.10.